The Labute approximate surface area is 120 Å². The van der Waals surface area contributed by atoms with Crippen molar-refractivity contribution < 1.29 is 0 Å². The zero-order valence-electron chi connectivity index (χ0n) is 11.8. The van der Waals surface area contributed by atoms with E-state index in [9.17, 15) is 0 Å². The van der Waals surface area contributed by atoms with E-state index in [1.54, 1.807) is 0 Å². The first-order valence-electron chi connectivity index (χ1n) is 7.03. The topological polar surface area (TPSA) is 53.6 Å². The van der Waals surface area contributed by atoms with Crippen LogP contribution in [0, 0.1) is 11.3 Å². The molecule has 0 aliphatic rings. The minimum absolute atomic E-state index is 0.694. The van der Waals surface area contributed by atoms with E-state index in [1.807, 2.05) is 35.2 Å². The van der Waals surface area contributed by atoms with Crippen LogP contribution < -0.4 is 5.32 Å². The maximum Gasteiger partial charge on any atom is 0.0995 e. The molecule has 0 saturated carbocycles. The molecule has 0 bridgehead atoms. The summed E-state index contributed by atoms with van der Waals surface area (Å²) in [4.78, 5) is 4.41. The average Bonchev–Trinajstić information content (AvgIpc) is 2.92. The third kappa shape index (κ3) is 3.94. The maximum absolute atomic E-state index is 9.09. The molecule has 0 aliphatic heterocycles. The molecule has 0 amide bonds. The Morgan fingerprint density at radius 3 is 2.95 bits per heavy atom. The molecule has 1 heterocycles. The molecule has 1 N–H and O–H groups in total. The number of hydrogen-bond acceptors (Lipinski definition) is 3. The normalized spacial score (nSPS) is 10.4. The number of nitriles is 1. The summed E-state index contributed by atoms with van der Waals surface area (Å²) in [5, 5.41) is 12.5. The van der Waals surface area contributed by atoms with Crippen molar-refractivity contribution in [2.75, 3.05) is 13.1 Å². The minimum atomic E-state index is 0.694. The first-order valence-corrected chi connectivity index (χ1v) is 7.03. The fraction of sp³-hybridized carbons (Fsp3) is 0.375. The Balaban J connectivity index is 1.94. The number of hydrogen-bond donors (Lipinski definition) is 1. The second-order valence-electron chi connectivity index (χ2n) is 4.81. The number of nitrogens with zero attached hydrogens (tertiary/aromatic N) is 3. The van der Waals surface area contributed by atoms with Crippen LogP contribution in [-0.4, -0.2) is 22.6 Å². The molecule has 0 unspecified atom stereocenters. The van der Waals surface area contributed by atoms with E-state index in [4.69, 9.17) is 5.26 Å². The van der Waals surface area contributed by atoms with Gasteiger partial charge < -0.3 is 9.88 Å². The Morgan fingerprint density at radius 2 is 2.15 bits per heavy atom. The van der Waals surface area contributed by atoms with Crippen molar-refractivity contribution in [3.63, 3.8) is 0 Å². The van der Waals surface area contributed by atoms with Gasteiger partial charge in [0, 0.05) is 25.7 Å². The summed E-state index contributed by atoms with van der Waals surface area (Å²) in [6.45, 7) is 4.86. The first kappa shape index (κ1) is 14.3. The van der Waals surface area contributed by atoms with E-state index < -0.39 is 0 Å². The molecule has 104 valence electrons. The number of benzene rings is 1. The summed E-state index contributed by atoms with van der Waals surface area (Å²) >= 11 is 0. The van der Waals surface area contributed by atoms with Gasteiger partial charge in [-0.05, 0) is 24.6 Å². The zero-order valence-corrected chi connectivity index (χ0v) is 11.8. The lowest BCUT2D eigenvalue weighted by Crippen LogP contribution is -2.17. The van der Waals surface area contributed by atoms with E-state index in [1.165, 1.54) is 0 Å². The van der Waals surface area contributed by atoms with Crippen LogP contribution >= 0.6 is 0 Å². The molecule has 0 saturated heterocycles. The van der Waals surface area contributed by atoms with E-state index in [2.05, 4.69) is 29.5 Å². The molecule has 0 radical (unpaired) electrons. The van der Waals surface area contributed by atoms with Gasteiger partial charge >= 0.3 is 0 Å². The van der Waals surface area contributed by atoms with Crippen molar-refractivity contribution in [1.29, 1.82) is 5.26 Å². The predicted octanol–water partition coefficient (Wildman–Crippen LogP) is 2.35. The third-order valence-corrected chi connectivity index (χ3v) is 3.16. The van der Waals surface area contributed by atoms with Gasteiger partial charge in [-0.3, -0.25) is 0 Å². The van der Waals surface area contributed by atoms with Gasteiger partial charge in [-0.2, -0.15) is 5.26 Å². The fourth-order valence-electron chi connectivity index (χ4n) is 2.10. The second-order valence-corrected chi connectivity index (χ2v) is 4.81. The monoisotopic (exact) mass is 268 g/mol. The fourth-order valence-corrected chi connectivity index (χ4v) is 2.10. The Morgan fingerprint density at radius 1 is 1.30 bits per heavy atom. The highest BCUT2D eigenvalue weighted by atomic mass is 15.0. The minimum Gasteiger partial charge on any atom is -0.333 e. The van der Waals surface area contributed by atoms with E-state index in [0.29, 0.717) is 6.54 Å². The van der Waals surface area contributed by atoms with Crippen molar-refractivity contribution in [1.82, 2.24) is 14.9 Å². The summed E-state index contributed by atoms with van der Waals surface area (Å²) < 4.78 is 2.03. The number of nitrogens with one attached hydrogen (secondary N) is 1. The van der Waals surface area contributed by atoms with Gasteiger partial charge in [-0.1, -0.05) is 25.1 Å². The standard InChI is InChI=1S/C16H20N4/c1-2-8-18-9-7-16-12-20(13-19-16)11-15-6-4-3-5-14(15)10-17/h3-6,12-13,18H,2,7-9,11H2,1H3. The van der Waals surface area contributed by atoms with Crippen molar-refractivity contribution in [2.45, 2.75) is 26.3 Å². The van der Waals surface area contributed by atoms with Crippen LogP contribution in [0.5, 0.6) is 0 Å². The van der Waals surface area contributed by atoms with E-state index >= 15 is 0 Å². The van der Waals surface area contributed by atoms with Gasteiger partial charge in [0.1, 0.15) is 0 Å². The van der Waals surface area contributed by atoms with Crippen LogP contribution in [0.3, 0.4) is 0 Å². The highest BCUT2D eigenvalue weighted by molar-refractivity contribution is 5.37. The van der Waals surface area contributed by atoms with Gasteiger partial charge in [0.05, 0.1) is 23.7 Å². The molecule has 2 aromatic rings. The van der Waals surface area contributed by atoms with Crippen LogP contribution in [-0.2, 0) is 13.0 Å². The van der Waals surface area contributed by atoms with Crippen molar-refractivity contribution in [3.8, 4) is 6.07 Å². The largest absolute Gasteiger partial charge is 0.333 e. The van der Waals surface area contributed by atoms with Gasteiger partial charge in [0.25, 0.3) is 0 Å². The predicted molar refractivity (Wildman–Crippen MR) is 79.4 cm³/mol. The molecule has 1 aromatic heterocycles. The molecular weight excluding hydrogens is 248 g/mol. The number of rotatable bonds is 7. The van der Waals surface area contributed by atoms with E-state index in [0.717, 1.165) is 42.8 Å². The Kier molecular flexibility index (Phi) is 5.33. The lowest BCUT2D eigenvalue weighted by molar-refractivity contribution is 0.666. The van der Waals surface area contributed by atoms with Crippen LogP contribution in [0.15, 0.2) is 36.8 Å². The molecule has 2 rings (SSSR count). The van der Waals surface area contributed by atoms with Gasteiger partial charge in [0.15, 0.2) is 0 Å². The Bertz CT molecular complexity index is 580. The molecule has 4 nitrogen and oxygen atoms in total. The average molecular weight is 268 g/mol. The van der Waals surface area contributed by atoms with Crippen LogP contribution in [0.1, 0.15) is 30.2 Å². The molecule has 1 aromatic carbocycles. The van der Waals surface area contributed by atoms with E-state index in [-0.39, 0.29) is 0 Å². The summed E-state index contributed by atoms with van der Waals surface area (Å²) in [6, 6.07) is 9.91. The molecule has 0 spiro atoms. The first-order chi connectivity index (χ1) is 9.83. The highest BCUT2D eigenvalue weighted by Crippen LogP contribution is 2.10. The zero-order chi connectivity index (χ0) is 14.2. The van der Waals surface area contributed by atoms with Crippen molar-refractivity contribution in [2.24, 2.45) is 0 Å². The Hall–Kier alpha value is -2.12. The molecule has 0 atom stereocenters. The number of aromatic nitrogens is 2. The van der Waals surface area contributed by atoms with Crippen molar-refractivity contribution in [3.05, 3.63) is 53.6 Å². The van der Waals surface area contributed by atoms with Gasteiger partial charge in [-0.25, -0.2) is 4.98 Å². The number of imidazole rings is 1. The van der Waals surface area contributed by atoms with Crippen LogP contribution in [0.4, 0.5) is 0 Å². The molecule has 0 aliphatic carbocycles. The SMILES string of the molecule is CCCNCCc1cn(Cc2ccccc2C#N)cn1. The van der Waals surface area contributed by atoms with Gasteiger partial charge in [0.2, 0.25) is 0 Å². The lowest BCUT2D eigenvalue weighted by Gasteiger charge is -2.04. The second kappa shape index (κ2) is 7.46. The summed E-state index contributed by atoms with van der Waals surface area (Å²) in [6.07, 6.45) is 5.98. The molecule has 4 heteroatoms. The highest BCUT2D eigenvalue weighted by Gasteiger charge is 2.03. The maximum atomic E-state index is 9.09. The molecule has 0 fully saturated rings. The summed E-state index contributed by atoms with van der Waals surface area (Å²) in [5.74, 6) is 0. The summed E-state index contributed by atoms with van der Waals surface area (Å²) in [5.41, 5.74) is 2.85. The molecule has 20 heavy (non-hydrogen) atoms. The third-order valence-electron chi connectivity index (χ3n) is 3.16. The smallest absolute Gasteiger partial charge is 0.0995 e. The summed E-state index contributed by atoms with van der Waals surface area (Å²) in [7, 11) is 0. The quantitative estimate of drug-likeness (QED) is 0.784. The van der Waals surface area contributed by atoms with Crippen LogP contribution in [0.25, 0.3) is 0 Å². The van der Waals surface area contributed by atoms with Gasteiger partial charge in [-0.15, -0.1) is 0 Å². The molecular formula is C16H20N4. The van der Waals surface area contributed by atoms with Crippen molar-refractivity contribution >= 4 is 0 Å². The van der Waals surface area contributed by atoms with Crippen LogP contribution in [0.2, 0.25) is 0 Å². The lowest BCUT2D eigenvalue weighted by atomic mass is 10.1.